The average Bonchev–Trinajstić information content (AvgIpc) is 3.18. The molecule has 0 radical (unpaired) electrons. The molecule has 4 rings (SSSR count). The van der Waals surface area contributed by atoms with Gasteiger partial charge in [-0.15, -0.1) is 5.10 Å². The highest BCUT2D eigenvalue weighted by atomic mass is 16.4. The predicted molar refractivity (Wildman–Crippen MR) is 97.4 cm³/mol. The molecule has 0 fully saturated rings. The lowest BCUT2D eigenvalue weighted by Crippen LogP contribution is -2.11. The van der Waals surface area contributed by atoms with Crippen molar-refractivity contribution in [2.24, 2.45) is 0 Å². The molecule has 6 nitrogen and oxygen atoms in total. The molecule has 0 saturated heterocycles. The summed E-state index contributed by atoms with van der Waals surface area (Å²) < 4.78 is 5.47. The Morgan fingerprint density at radius 3 is 2.19 bits per heavy atom. The van der Waals surface area contributed by atoms with Crippen LogP contribution in [0.3, 0.4) is 0 Å². The third-order valence-corrected chi connectivity index (χ3v) is 3.83. The van der Waals surface area contributed by atoms with Crippen molar-refractivity contribution in [1.29, 1.82) is 0 Å². The fourth-order valence-electron chi connectivity index (χ4n) is 2.50. The van der Waals surface area contributed by atoms with E-state index in [1.54, 1.807) is 36.7 Å². The van der Waals surface area contributed by atoms with Crippen LogP contribution in [0.15, 0.2) is 83.5 Å². The van der Waals surface area contributed by atoms with Crippen molar-refractivity contribution < 1.29 is 9.21 Å². The summed E-state index contributed by atoms with van der Waals surface area (Å²) in [5.41, 5.74) is 3.38. The second-order valence-electron chi connectivity index (χ2n) is 5.55. The van der Waals surface area contributed by atoms with Gasteiger partial charge in [-0.2, -0.15) is 0 Å². The van der Waals surface area contributed by atoms with Crippen LogP contribution in [-0.2, 0) is 0 Å². The molecule has 2 aromatic carbocycles. The number of benzene rings is 2. The van der Waals surface area contributed by atoms with E-state index in [0.717, 1.165) is 16.7 Å². The van der Waals surface area contributed by atoms with Gasteiger partial charge in [0.15, 0.2) is 0 Å². The number of nitrogens with zero attached hydrogens (tertiary/aromatic N) is 3. The van der Waals surface area contributed by atoms with Crippen molar-refractivity contribution in [3.05, 3.63) is 84.7 Å². The Morgan fingerprint density at radius 1 is 0.769 bits per heavy atom. The Hall–Kier alpha value is -3.80. The Morgan fingerprint density at radius 2 is 1.46 bits per heavy atom. The quantitative estimate of drug-likeness (QED) is 0.605. The van der Waals surface area contributed by atoms with E-state index in [0.29, 0.717) is 11.5 Å². The highest BCUT2D eigenvalue weighted by Gasteiger charge is 2.12. The van der Waals surface area contributed by atoms with Gasteiger partial charge in [0.25, 0.3) is 5.91 Å². The first-order chi connectivity index (χ1) is 12.8. The summed E-state index contributed by atoms with van der Waals surface area (Å²) in [4.78, 5) is 16.3. The summed E-state index contributed by atoms with van der Waals surface area (Å²) in [6.07, 6.45) is 3.26. The van der Waals surface area contributed by atoms with Gasteiger partial charge >= 0.3 is 6.01 Å². The number of carbonyl (C=O) groups excluding carboxylic acids is 1. The van der Waals surface area contributed by atoms with Crippen LogP contribution in [0, 0.1) is 0 Å². The summed E-state index contributed by atoms with van der Waals surface area (Å²) in [7, 11) is 0. The lowest BCUT2D eigenvalue weighted by atomic mass is 10.0. The van der Waals surface area contributed by atoms with Crippen LogP contribution in [-0.4, -0.2) is 21.1 Å². The molecule has 1 N–H and O–H groups in total. The summed E-state index contributed by atoms with van der Waals surface area (Å²) >= 11 is 0. The van der Waals surface area contributed by atoms with Gasteiger partial charge < -0.3 is 4.42 Å². The second-order valence-corrected chi connectivity index (χ2v) is 5.55. The minimum absolute atomic E-state index is 0.0500. The van der Waals surface area contributed by atoms with Crippen LogP contribution in [0.25, 0.3) is 22.6 Å². The fraction of sp³-hybridized carbons (Fsp3) is 0. The van der Waals surface area contributed by atoms with Crippen molar-refractivity contribution in [3.63, 3.8) is 0 Å². The lowest BCUT2D eigenvalue weighted by Gasteiger charge is -2.04. The number of carbonyl (C=O) groups is 1. The first kappa shape index (κ1) is 15.7. The van der Waals surface area contributed by atoms with E-state index in [1.165, 1.54) is 0 Å². The summed E-state index contributed by atoms with van der Waals surface area (Å²) in [5.74, 6) is 0.0108. The molecule has 0 saturated carbocycles. The molecule has 2 aromatic heterocycles. The first-order valence-corrected chi connectivity index (χ1v) is 8.00. The smallest absolute Gasteiger partial charge is 0.322 e. The maximum atomic E-state index is 12.4. The van der Waals surface area contributed by atoms with E-state index in [1.807, 2.05) is 42.5 Å². The minimum Gasteiger partial charge on any atom is -0.403 e. The van der Waals surface area contributed by atoms with E-state index in [2.05, 4.69) is 20.5 Å². The highest BCUT2D eigenvalue weighted by Crippen LogP contribution is 2.21. The molecular weight excluding hydrogens is 328 g/mol. The van der Waals surface area contributed by atoms with Gasteiger partial charge in [0.1, 0.15) is 0 Å². The van der Waals surface area contributed by atoms with Gasteiger partial charge in [0.05, 0.1) is 0 Å². The van der Waals surface area contributed by atoms with Crippen LogP contribution < -0.4 is 5.32 Å². The Kier molecular flexibility index (Phi) is 4.22. The van der Waals surface area contributed by atoms with E-state index in [4.69, 9.17) is 4.42 Å². The number of hydrogen-bond donors (Lipinski definition) is 1. The van der Waals surface area contributed by atoms with E-state index in [9.17, 15) is 4.79 Å². The standard InChI is InChI=1S/C20H14N4O2/c25-18(16-8-6-15(7-9-16)14-4-2-1-3-5-14)22-20-24-23-19(26-20)17-10-12-21-13-11-17/h1-13H,(H,22,24,25). The molecule has 0 spiro atoms. The van der Waals surface area contributed by atoms with Gasteiger partial charge in [-0.3, -0.25) is 15.1 Å². The Bertz CT molecular complexity index is 1010. The zero-order chi connectivity index (χ0) is 17.8. The van der Waals surface area contributed by atoms with Gasteiger partial charge in [0.2, 0.25) is 5.89 Å². The molecule has 0 aliphatic carbocycles. The monoisotopic (exact) mass is 342 g/mol. The van der Waals surface area contributed by atoms with Crippen LogP contribution in [0.1, 0.15) is 10.4 Å². The minimum atomic E-state index is -0.311. The maximum absolute atomic E-state index is 12.4. The van der Waals surface area contributed by atoms with Gasteiger partial charge in [-0.05, 0) is 35.4 Å². The summed E-state index contributed by atoms with van der Waals surface area (Å²) in [6.45, 7) is 0. The van der Waals surface area contributed by atoms with Crippen molar-refractivity contribution in [1.82, 2.24) is 15.2 Å². The molecule has 6 heteroatoms. The summed E-state index contributed by atoms with van der Waals surface area (Å²) in [5, 5.41) is 10.4. The lowest BCUT2D eigenvalue weighted by molar-refractivity contribution is 0.102. The molecule has 1 amide bonds. The van der Waals surface area contributed by atoms with Crippen molar-refractivity contribution in [2.75, 3.05) is 5.32 Å². The predicted octanol–water partition coefficient (Wildman–Crippen LogP) is 4.05. The van der Waals surface area contributed by atoms with Crippen molar-refractivity contribution in [2.45, 2.75) is 0 Å². The number of rotatable bonds is 4. The van der Waals surface area contributed by atoms with Gasteiger partial charge in [-0.1, -0.05) is 47.6 Å². The zero-order valence-corrected chi connectivity index (χ0v) is 13.7. The molecule has 0 unspecified atom stereocenters. The highest BCUT2D eigenvalue weighted by molar-refractivity contribution is 6.03. The molecule has 0 aliphatic heterocycles. The number of amides is 1. The molecule has 0 bridgehead atoms. The number of nitrogens with one attached hydrogen (secondary N) is 1. The maximum Gasteiger partial charge on any atom is 0.322 e. The van der Waals surface area contributed by atoms with Gasteiger partial charge in [-0.25, -0.2) is 0 Å². The Balaban J connectivity index is 1.48. The average molecular weight is 342 g/mol. The summed E-state index contributed by atoms with van der Waals surface area (Å²) in [6, 6.07) is 20.9. The first-order valence-electron chi connectivity index (χ1n) is 8.00. The normalized spacial score (nSPS) is 10.5. The second kappa shape index (κ2) is 6.98. The number of anilines is 1. The van der Waals surface area contributed by atoms with Crippen molar-refractivity contribution >= 4 is 11.9 Å². The molecule has 0 atom stereocenters. The van der Waals surface area contributed by atoms with E-state index < -0.39 is 0 Å². The van der Waals surface area contributed by atoms with Gasteiger partial charge in [0, 0.05) is 23.5 Å². The largest absolute Gasteiger partial charge is 0.403 e. The molecule has 0 aliphatic rings. The molecule has 4 aromatic rings. The third-order valence-electron chi connectivity index (χ3n) is 3.83. The number of pyridine rings is 1. The van der Waals surface area contributed by atoms with Crippen LogP contribution in [0.4, 0.5) is 6.01 Å². The SMILES string of the molecule is O=C(Nc1nnc(-c2ccncc2)o1)c1ccc(-c2ccccc2)cc1. The molecule has 26 heavy (non-hydrogen) atoms. The molecule has 2 heterocycles. The van der Waals surface area contributed by atoms with Crippen LogP contribution in [0.5, 0.6) is 0 Å². The Labute approximate surface area is 149 Å². The number of hydrogen-bond acceptors (Lipinski definition) is 5. The van der Waals surface area contributed by atoms with Crippen LogP contribution in [0.2, 0.25) is 0 Å². The van der Waals surface area contributed by atoms with E-state index in [-0.39, 0.29) is 11.9 Å². The molecular formula is C20H14N4O2. The van der Waals surface area contributed by atoms with Crippen LogP contribution >= 0.6 is 0 Å². The number of aromatic nitrogens is 3. The van der Waals surface area contributed by atoms with Crippen molar-refractivity contribution in [3.8, 4) is 22.6 Å². The van der Waals surface area contributed by atoms with E-state index >= 15 is 0 Å². The molecule has 126 valence electrons. The fourth-order valence-corrected chi connectivity index (χ4v) is 2.50. The topological polar surface area (TPSA) is 80.9 Å². The zero-order valence-electron chi connectivity index (χ0n) is 13.7. The third kappa shape index (κ3) is 3.34.